The van der Waals surface area contributed by atoms with Crippen LogP contribution >= 0.6 is 0 Å². The number of rotatable bonds is 6. The molecule has 0 amide bonds. The van der Waals surface area contributed by atoms with E-state index in [1.165, 1.54) is 12.1 Å². The summed E-state index contributed by atoms with van der Waals surface area (Å²) < 4.78 is 38.7. The molecule has 0 unspecified atom stereocenters. The minimum Gasteiger partial charge on any atom is -0.355 e. The third kappa shape index (κ3) is 5.44. The van der Waals surface area contributed by atoms with Crippen LogP contribution in [0.25, 0.3) is 12.2 Å². The lowest BCUT2D eigenvalue weighted by Crippen LogP contribution is -2.10. The number of sulfonamides is 1. The van der Waals surface area contributed by atoms with Crippen LogP contribution < -0.4 is 10.0 Å². The molecule has 0 aromatic heterocycles. The highest BCUT2D eigenvalue weighted by atomic mass is 32.2. The van der Waals surface area contributed by atoms with Gasteiger partial charge in [-0.05, 0) is 60.0 Å². The molecule has 0 spiro atoms. The molecule has 0 radical (unpaired) electrons. The maximum atomic E-state index is 13.1. The zero-order valence-electron chi connectivity index (χ0n) is 15.6. The predicted octanol–water partition coefficient (Wildman–Crippen LogP) is 5.42. The normalized spacial score (nSPS) is 11.5. The first-order valence-electron chi connectivity index (χ1n) is 8.68. The Kier molecular flexibility index (Phi) is 5.80. The van der Waals surface area contributed by atoms with Gasteiger partial charge in [-0.25, -0.2) is 12.8 Å². The van der Waals surface area contributed by atoms with Gasteiger partial charge in [0.2, 0.25) is 10.0 Å². The Morgan fingerprint density at radius 2 is 1.61 bits per heavy atom. The molecule has 4 nitrogen and oxygen atoms in total. The van der Waals surface area contributed by atoms with Gasteiger partial charge in [0.15, 0.2) is 0 Å². The van der Waals surface area contributed by atoms with Crippen LogP contribution in [0.4, 0.5) is 21.5 Å². The standard InChI is InChI=1S/C22H21FN2O2S/c1-16-7-8-17(15-22(16)24-20-13-11-19(23)12-14-20)9-10-18-5-3-4-6-21(18)25-28(2,26)27/h3-15,24-25H,1-2H3/b10-9+. The molecule has 144 valence electrons. The quantitative estimate of drug-likeness (QED) is 0.547. The number of hydrogen-bond donors (Lipinski definition) is 2. The molecule has 0 atom stereocenters. The SMILES string of the molecule is Cc1ccc(/C=C/c2ccccc2NS(C)(=O)=O)cc1Nc1ccc(F)cc1. The van der Waals surface area contributed by atoms with Gasteiger partial charge in [-0.15, -0.1) is 0 Å². The zero-order valence-corrected chi connectivity index (χ0v) is 16.4. The van der Waals surface area contributed by atoms with Crippen molar-refractivity contribution in [1.82, 2.24) is 0 Å². The summed E-state index contributed by atoms with van der Waals surface area (Å²) in [5.41, 5.74) is 5.01. The van der Waals surface area contributed by atoms with Gasteiger partial charge in [0.1, 0.15) is 5.82 Å². The van der Waals surface area contributed by atoms with Crippen LogP contribution in [-0.4, -0.2) is 14.7 Å². The third-order valence-electron chi connectivity index (χ3n) is 4.10. The number of hydrogen-bond acceptors (Lipinski definition) is 3. The van der Waals surface area contributed by atoms with E-state index in [1.807, 2.05) is 49.4 Å². The van der Waals surface area contributed by atoms with E-state index in [9.17, 15) is 12.8 Å². The van der Waals surface area contributed by atoms with Gasteiger partial charge in [-0.1, -0.05) is 42.5 Å². The van der Waals surface area contributed by atoms with Crippen molar-refractivity contribution < 1.29 is 12.8 Å². The van der Waals surface area contributed by atoms with Gasteiger partial charge in [0.25, 0.3) is 0 Å². The van der Waals surface area contributed by atoms with Gasteiger partial charge < -0.3 is 5.32 Å². The average molecular weight is 396 g/mol. The third-order valence-corrected chi connectivity index (χ3v) is 4.69. The Balaban J connectivity index is 1.84. The average Bonchev–Trinajstić information content (AvgIpc) is 2.64. The van der Waals surface area contributed by atoms with Crippen LogP contribution in [0, 0.1) is 12.7 Å². The predicted molar refractivity (Wildman–Crippen MR) is 115 cm³/mol. The molecule has 28 heavy (non-hydrogen) atoms. The molecule has 6 heteroatoms. The first kappa shape index (κ1) is 19.6. The van der Waals surface area contributed by atoms with Crippen LogP contribution in [0.2, 0.25) is 0 Å². The summed E-state index contributed by atoms with van der Waals surface area (Å²) in [4.78, 5) is 0. The lowest BCUT2D eigenvalue weighted by atomic mass is 10.1. The second-order valence-corrected chi connectivity index (χ2v) is 8.25. The topological polar surface area (TPSA) is 58.2 Å². The van der Waals surface area contributed by atoms with Gasteiger partial charge in [-0.3, -0.25) is 4.72 Å². The summed E-state index contributed by atoms with van der Waals surface area (Å²) in [6, 6.07) is 19.3. The van der Waals surface area contributed by atoms with Crippen molar-refractivity contribution in [3.05, 3.63) is 89.2 Å². The summed E-state index contributed by atoms with van der Waals surface area (Å²) in [5.74, 6) is -0.277. The Hall–Kier alpha value is -3.12. The smallest absolute Gasteiger partial charge is 0.229 e. The van der Waals surface area contributed by atoms with Crippen molar-refractivity contribution in [2.75, 3.05) is 16.3 Å². The summed E-state index contributed by atoms with van der Waals surface area (Å²) in [5, 5.41) is 3.29. The first-order valence-corrected chi connectivity index (χ1v) is 10.6. The van der Waals surface area contributed by atoms with Crippen molar-refractivity contribution in [2.45, 2.75) is 6.92 Å². The molecule has 3 rings (SSSR count). The Bertz CT molecular complexity index is 1110. The van der Waals surface area contributed by atoms with Crippen molar-refractivity contribution in [3.63, 3.8) is 0 Å². The number of benzene rings is 3. The fraction of sp³-hybridized carbons (Fsp3) is 0.0909. The van der Waals surface area contributed by atoms with Crippen molar-refractivity contribution >= 4 is 39.2 Å². The Morgan fingerprint density at radius 1 is 0.893 bits per heavy atom. The minimum atomic E-state index is -3.35. The maximum Gasteiger partial charge on any atom is 0.229 e. The number of para-hydroxylation sites is 1. The lowest BCUT2D eigenvalue weighted by Gasteiger charge is -2.11. The Labute approximate surface area is 164 Å². The molecule has 0 aliphatic heterocycles. The van der Waals surface area contributed by atoms with E-state index in [0.717, 1.165) is 34.3 Å². The lowest BCUT2D eigenvalue weighted by molar-refractivity contribution is 0.607. The zero-order chi connectivity index (χ0) is 20.1. The molecule has 0 fully saturated rings. The van der Waals surface area contributed by atoms with Gasteiger partial charge >= 0.3 is 0 Å². The Morgan fingerprint density at radius 3 is 2.32 bits per heavy atom. The number of anilines is 3. The van der Waals surface area contributed by atoms with Gasteiger partial charge in [0.05, 0.1) is 11.9 Å². The highest BCUT2D eigenvalue weighted by Gasteiger charge is 2.05. The van der Waals surface area contributed by atoms with Crippen LogP contribution in [-0.2, 0) is 10.0 Å². The number of nitrogens with one attached hydrogen (secondary N) is 2. The molecule has 3 aromatic rings. The fourth-order valence-corrected chi connectivity index (χ4v) is 3.27. The second kappa shape index (κ2) is 8.27. The van der Waals surface area contributed by atoms with E-state index in [0.29, 0.717) is 5.69 Å². The van der Waals surface area contributed by atoms with Crippen LogP contribution in [0.3, 0.4) is 0 Å². The summed E-state index contributed by atoms with van der Waals surface area (Å²) in [6.45, 7) is 1.99. The van der Waals surface area contributed by atoms with E-state index in [1.54, 1.807) is 24.3 Å². The molecule has 0 saturated carbocycles. The van der Waals surface area contributed by atoms with Crippen molar-refractivity contribution in [2.24, 2.45) is 0 Å². The summed E-state index contributed by atoms with van der Waals surface area (Å²) in [7, 11) is -3.35. The van der Waals surface area contributed by atoms with Crippen LogP contribution in [0.1, 0.15) is 16.7 Å². The fourth-order valence-electron chi connectivity index (χ4n) is 2.69. The molecule has 0 bridgehead atoms. The molecule has 0 aliphatic rings. The first-order chi connectivity index (χ1) is 13.3. The molecular weight excluding hydrogens is 375 g/mol. The van der Waals surface area contributed by atoms with Crippen LogP contribution in [0.5, 0.6) is 0 Å². The van der Waals surface area contributed by atoms with E-state index in [4.69, 9.17) is 0 Å². The van der Waals surface area contributed by atoms with E-state index >= 15 is 0 Å². The minimum absolute atomic E-state index is 0.277. The van der Waals surface area contributed by atoms with Gasteiger partial charge in [-0.2, -0.15) is 0 Å². The van der Waals surface area contributed by atoms with Crippen molar-refractivity contribution in [1.29, 1.82) is 0 Å². The van der Waals surface area contributed by atoms with Crippen molar-refractivity contribution in [3.8, 4) is 0 Å². The van der Waals surface area contributed by atoms with Crippen LogP contribution in [0.15, 0.2) is 66.7 Å². The molecular formula is C22H21FN2O2S. The molecule has 3 aromatic carbocycles. The monoisotopic (exact) mass is 396 g/mol. The molecule has 0 heterocycles. The summed E-state index contributed by atoms with van der Waals surface area (Å²) in [6.07, 6.45) is 4.90. The highest BCUT2D eigenvalue weighted by Crippen LogP contribution is 2.24. The molecule has 0 aliphatic carbocycles. The molecule has 2 N–H and O–H groups in total. The summed E-state index contributed by atoms with van der Waals surface area (Å²) >= 11 is 0. The maximum absolute atomic E-state index is 13.1. The number of aryl methyl sites for hydroxylation is 1. The van der Waals surface area contributed by atoms with E-state index < -0.39 is 10.0 Å². The van der Waals surface area contributed by atoms with E-state index in [-0.39, 0.29) is 5.82 Å². The van der Waals surface area contributed by atoms with E-state index in [2.05, 4.69) is 10.0 Å². The number of halogens is 1. The largest absolute Gasteiger partial charge is 0.355 e. The molecule has 0 saturated heterocycles. The highest BCUT2D eigenvalue weighted by molar-refractivity contribution is 7.92. The second-order valence-electron chi connectivity index (χ2n) is 6.50. The van der Waals surface area contributed by atoms with Gasteiger partial charge in [0, 0.05) is 11.4 Å².